The molecule has 0 heterocycles. The lowest BCUT2D eigenvalue weighted by Crippen LogP contribution is -2.05. The molecule has 0 amide bonds. The molecule has 0 saturated heterocycles. The van der Waals surface area contributed by atoms with Gasteiger partial charge in [0.05, 0.1) is 20.8 Å². The second kappa shape index (κ2) is 9.44. The molecule has 2 rings (SSSR count). The van der Waals surface area contributed by atoms with Crippen LogP contribution < -0.4 is 14.2 Å². The molecule has 2 aromatic rings. The molecular formula is C22H23NO4. The first kappa shape index (κ1) is 20.1. The lowest BCUT2D eigenvalue weighted by molar-refractivity contribution is 0.103. The molecule has 0 fully saturated rings. The maximum Gasteiger partial charge on any atom is 0.203 e. The molecule has 27 heavy (non-hydrogen) atoms. The Hall–Kier alpha value is -3.26. The zero-order valence-corrected chi connectivity index (χ0v) is 16.0. The van der Waals surface area contributed by atoms with Crippen molar-refractivity contribution in [2.75, 3.05) is 20.8 Å². The molecule has 0 radical (unpaired) electrons. The van der Waals surface area contributed by atoms with E-state index < -0.39 is 0 Å². The van der Waals surface area contributed by atoms with E-state index in [1.807, 2.05) is 6.07 Å². The van der Waals surface area contributed by atoms with E-state index in [0.717, 1.165) is 0 Å². The second-order valence-electron chi connectivity index (χ2n) is 6.35. The summed E-state index contributed by atoms with van der Waals surface area (Å²) >= 11 is 0. The molecule has 0 atom stereocenters. The van der Waals surface area contributed by atoms with E-state index in [1.54, 1.807) is 49.6 Å². The molecule has 0 saturated carbocycles. The number of benzene rings is 2. The summed E-state index contributed by atoms with van der Waals surface area (Å²) in [4.78, 5) is 12.6. The third-order valence-electron chi connectivity index (χ3n) is 3.77. The number of ether oxygens (including phenoxy) is 3. The minimum atomic E-state index is -0.365. The van der Waals surface area contributed by atoms with Gasteiger partial charge in [0.2, 0.25) is 5.78 Å². The fourth-order valence-corrected chi connectivity index (χ4v) is 2.38. The molecule has 0 unspecified atom stereocenters. The zero-order valence-electron chi connectivity index (χ0n) is 16.0. The normalized spacial score (nSPS) is 11.0. The lowest BCUT2D eigenvalue weighted by Gasteiger charge is -2.13. The van der Waals surface area contributed by atoms with E-state index in [4.69, 9.17) is 14.2 Å². The van der Waals surface area contributed by atoms with Gasteiger partial charge in [0, 0.05) is 5.56 Å². The average molecular weight is 365 g/mol. The highest BCUT2D eigenvalue weighted by atomic mass is 16.5. The maximum absolute atomic E-state index is 12.6. The summed E-state index contributed by atoms with van der Waals surface area (Å²) in [6.45, 7) is 4.70. The molecule has 140 valence electrons. The Morgan fingerprint density at radius 3 is 2.52 bits per heavy atom. The number of ketones is 1. The fourth-order valence-electron chi connectivity index (χ4n) is 2.38. The van der Waals surface area contributed by atoms with Crippen molar-refractivity contribution < 1.29 is 19.0 Å². The van der Waals surface area contributed by atoms with E-state index in [1.165, 1.54) is 13.2 Å². The predicted molar refractivity (Wildman–Crippen MR) is 104 cm³/mol. The van der Waals surface area contributed by atoms with Crippen LogP contribution in [0.2, 0.25) is 0 Å². The summed E-state index contributed by atoms with van der Waals surface area (Å²) < 4.78 is 16.2. The number of hydrogen-bond donors (Lipinski definition) is 0. The Balaban J connectivity index is 2.31. The summed E-state index contributed by atoms with van der Waals surface area (Å²) in [7, 11) is 3.08. The molecule has 0 bridgehead atoms. The van der Waals surface area contributed by atoms with Crippen LogP contribution >= 0.6 is 0 Å². The van der Waals surface area contributed by atoms with Crippen LogP contribution in [0.15, 0.2) is 48.0 Å². The van der Waals surface area contributed by atoms with Crippen LogP contribution in [0.5, 0.6) is 17.2 Å². The van der Waals surface area contributed by atoms with Crippen LogP contribution in [0, 0.1) is 17.2 Å². The van der Waals surface area contributed by atoms with Gasteiger partial charge in [-0.1, -0.05) is 32.0 Å². The summed E-state index contributed by atoms with van der Waals surface area (Å²) in [5.74, 6) is 1.76. The van der Waals surface area contributed by atoms with Gasteiger partial charge in [-0.3, -0.25) is 4.79 Å². The van der Waals surface area contributed by atoms with Crippen molar-refractivity contribution in [2.45, 2.75) is 13.8 Å². The third kappa shape index (κ3) is 5.35. The van der Waals surface area contributed by atoms with Gasteiger partial charge in [-0.05, 0) is 41.8 Å². The molecule has 0 aliphatic carbocycles. The van der Waals surface area contributed by atoms with Gasteiger partial charge in [0.15, 0.2) is 11.5 Å². The van der Waals surface area contributed by atoms with Gasteiger partial charge in [0.1, 0.15) is 17.4 Å². The monoisotopic (exact) mass is 365 g/mol. The van der Waals surface area contributed by atoms with Gasteiger partial charge in [-0.2, -0.15) is 5.26 Å². The highest BCUT2D eigenvalue weighted by molar-refractivity contribution is 6.14. The topological polar surface area (TPSA) is 68.6 Å². The van der Waals surface area contributed by atoms with Crippen molar-refractivity contribution in [1.82, 2.24) is 0 Å². The Morgan fingerprint density at radius 2 is 1.89 bits per heavy atom. The number of carbonyl (C=O) groups excluding carboxylic acids is 1. The van der Waals surface area contributed by atoms with Crippen LogP contribution in [0.25, 0.3) is 6.08 Å². The number of allylic oxidation sites excluding steroid dienone is 1. The summed E-state index contributed by atoms with van der Waals surface area (Å²) in [5, 5.41) is 9.45. The molecule has 5 heteroatoms. The van der Waals surface area contributed by atoms with Crippen molar-refractivity contribution >= 4 is 11.9 Å². The van der Waals surface area contributed by atoms with Gasteiger partial charge < -0.3 is 14.2 Å². The Morgan fingerprint density at radius 1 is 1.11 bits per heavy atom. The lowest BCUT2D eigenvalue weighted by atomic mass is 10.0. The van der Waals surface area contributed by atoms with Crippen molar-refractivity contribution in [1.29, 1.82) is 5.26 Å². The van der Waals surface area contributed by atoms with Crippen LogP contribution in [0.4, 0.5) is 0 Å². The van der Waals surface area contributed by atoms with E-state index in [2.05, 4.69) is 13.8 Å². The highest BCUT2D eigenvalue weighted by Gasteiger charge is 2.14. The number of nitriles is 1. The molecule has 5 nitrogen and oxygen atoms in total. The first-order chi connectivity index (χ1) is 13.0. The number of hydrogen-bond acceptors (Lipinski definition) is 5. The quantitative estimate of drug-likeness (QED) is 0.391. The second-order valence-corrected chi connectivity index (χ2v) is 6.35. The molecule has 0 spiro atoms. The molecule has 0 aliphatic heterocycles. The fraction of sp³-hybridized carbons (Fsp3) is 0.273. The number of Topliss-reactive ketones (excluding diaryl/α,β-unsaturated/α-hetero) is 1. The zero-order chi connectivity index (χ0) is 19.8. The number of methoxy groups -OCH3 is 2. The molecule has 2 aromatic carbocycles. The highest BCUT2D eigenvalue weighted by Crippen LogP contribution is 2.29. The van der Waals surface area contributed by atoms with E-state index >= 15 is 0 Å². The largest absolute Gasteiger partial charge is 0.497 e. The molecular weight excluding hydrogens is 342 g/mol. The van der Waals surface area contributed by atoms with Gasteiger partial charge >= 0.3 is 0 Å². The van der Waals surface area contributed by atoms with Gasteiger partial charge in [-0.25, -0.2) is 0 Å². The van der Waals surface area contributed by atoms with Crippen LogP contribution in [-0.2, 0) is 0 Å². The first-order valence-corrected chi connectivity index (χ1v) is 8.59. The Labute approximate surface area is 159 Å². The van der Waals surface area contributed by atoms with E-state index in [-0.39, 0.29) is 11.4 Å². The van der Waals surface area contributed by atoms with Crippen LogP contribution in [-0.4, -0.2) is 26.6 Å². The smallest absolute Gasteiger partial charge is 0.203 e. The average Bonchev–Trinajstić information content (AvgIpc) is 2.70. The third-order valence-corrected chi connectivity index (χ3v) is 3.77. The van der Waals surface area contributed by atoms with Gasteiger partial charge in [0.25, 0.3) is 0 Å². The predicted octanol–water partition coefficient (Wildman–Crippen LogP) is 4.53. The first-order valence-electron chi connectivity index (χ1n) is 8.59. The van der Waals surface area contributed by atoms with Gasteiger partial charge in [-0.15, -0.1) is 0 Å². The number of rotatable bonds is 8. The maximum atomic E-state index is 12.6. The number of nitrogens with zero attached hydrogens (tertiary/aromatic N) is 1. The summed E-state index contributed by atoms with van der Waals surface area (Å²) in [5.41, 5.74) is 1.10. The molecule has 0 aromatic heterocycles. The molecule has 0 aliphatic rings. The standard InChI is InChI=1S/C22H23NO4/c1-15(2)14-27-20-9-8-16(11-21(20)26-4)10-18(13-23)22(24)17-6-5-7-19(12-17)25-3/h5-12,15H,14H2,1-4H3/b18-10+. The SMILES string of the molecule is COc1cccc(C(=O)/C(C#N)=C/c2ccc(OCC(C)C)c(OC)c2)c1. The molecule has 0 N–H and O–H groups in total. The van der Waals surface area contributed by atoms with E-state index in [9.17, 15) is 10.1 Å². The van der Waals surface area contributed by atoms with Crippen LogP contribution in [0.3, 0.4) is 0 Å². The van der Waals surface area contributed by atoms with Crippen LogP contribution in [0.1, 0.15) is 29.8 Å². The minimum Gasteiger partial charge on any atom is -0.497 e. The minimum absolute atomic E-state index is 0.0288. The van der Waals surface area contributed by atoms with E-state index in [0.29, 0.717) is 40.9 Å². The van der Waals surface area contributed by atoms with Crippen molar-refractivity contribution in [3.63, 3.8) is 0 Å². The Bertz CT molecular complexity index is 878. The Kier molecular flexibility index (Phi) is 7.01. The summed E-state index contributed by atoms with van der Waals surface area (Å²) in [6, 6.07) is 14.0. The van der Waals surface area contributed by atoms with Crippen molar-refractivity contribution in [2.24, 2.45) is 5.92 Å². The van der Waals surface area contributed by atoms with Crippen molar-refractivity contribution in [3.8, 4) is 23.3 Å². The number of carbonyl (C=O) groups is 1. The summed E-state index contributed by atoms with van der Waals surface area (Å²) in [6.07, 6.45) is 1.54. The van der Waals surface area contributed by atoms with Crippen molar-refractivity contribution in [3.05, 3.63) is 59.2 Å².